The van der Waals surface area contributed by atoms with E-state index in [4.69, 9.17) is 10.2 Å². The van der Waals surface area contributed by atoms with Crippen LogP contribution in [0.15, 0.2) is 36.4 Å². The number of fused-ring (bicyclic) bond motifs is 1. The Hall–Kier alpha value is -4.01. The van der Waals surface area contributed by atoms with E-state index in [1.165, 1.54) is 25.2 Å². The van der Waals surface area contributed by atoms with E-state index in [1.807, 2.05) is 0 Å². The number of benzene rings is 2. The molecule has 0 spiro atoms. The molecule has 9 nitrogen and oxygen atoms in total. The third-order valence-electron chi connectivity index (χ3n) is 4.04. The molecule has 1 heterocycles. The lowest BCUT2D eigenvalue weighted by molar-refractivity contribution is 0.0677. The van der Waals surface area contributed by atoms with Gasteiger partial charge in [-0.25, -0.2) is 9.59 Å². The highest BCUT2D eigenvalue weighted by Gasteiger charge is 2.33. The van der Waals surface area contributed by atoms with Crippen molar-refractivity contribution in [3.8, 4) is 0 Å². The highest BCUT2D eigenvalue weighted by atomic mass is 16.4. The second-order valence-electron chi connectivity index (χ2n) is 5.79. The van der Waals surface area contributed by atoms with Crippen LogP contribution in [0.25, 0.3) is 0 Å². The van der Waals surface area contributed by atoms with Crippen molar-refractivity contribution < 1.29 is 34.2 Å². The average molecular weight is 368 g/mol. The van der Waals surface area contributed by atoms with E-state index in [9.17, 15) is 24.0 Å². The number of hydrogen-bond donors (Lipinski definition) is 3. The van der Waals surface area contributed by atoms with Gasteiger partial charge in [-0.05, 0) is 36.4 Å². The van der Waals surface area contributed by atoms with Gasteiger partial charge in [-0.2, -0.15) is 0 Å². The number of amides is 3. The van der Waals surface area contributed by atoms with Crippen LogP contribution >= 0.6 is 0 Å². The number of carbonyl (C=O) groups excluding carboxylic acids is 3. The van der Waals surface area contributed by atoms with Gasteiger partial charge in [0.1, 0.15) is 0 Å². The molecule has 2 aromatic carbocycles. The quantitative estimate of drug-likeness (QED) is 0.695. The minimum Gasteiger partial charge on any atom is -0.478 e. The van der Waals surface area contributed by atoms with E-state index in [0.29, 0.717) is 0 Å². The topological polar surface area (TPSA) is 141 Å². The molecule has 9 heteroatoms. The smallest absolute Gasteiger partial charge is 0.335 e. The lowest BCUT2D eigenvalue weighted by Gasteiger charge is -2.08. The molecule has 0 saturated heterocycles. The Balaban J connectivity index is 1.93. The van der Waals surface area contributed by atoms with Crippen LogP contribution in [0.3, 0.4) is 0 Å². The fourth-order valence-electron chi connectivity index (χ4n) is 2.65. The zero-order valence-electron chi connectivity index (χ0n) is 13.8. The highest BCUT2D eigenvalue weighted by molar-refractivity contribution is 6.22. The Bertz CT molecular complexity index is 1010. The summed E-state index contributed by atoms with van der Waals surface area (Å²) in [6, 6.07) is 7.15. The molecule has 136 valence electrons. The summed E-state index contributed by atoms with van der Waals surface area (Å²) in [5.41, 5.74) is -0.316. The number of nitrogens with one attached hydrogen (secondary N) is 1. The van der Waals surface area contributed by atoms with E-state index in [2.05, 4.69) is 5.32 Å². The van der Waals surface area contributed by atoms with Crippen molar-refractivity contribution in [2.45, 2.75) is 0 Å². The Morgan fingerprint density at radius 3 is 1.93 bits per heavy atom. The molecule has 27 heavy (non-hydrogen) atoms. The van der Waals surface area contributed by atoms with Crippen LogP contribution in [0, 0.1) is 0 Å². The minimum atomic E-state index is -1.35. The van der Waals surface area contributed by atoms with Gasteiger partial charge < -0.3 is 15.5 Å². The SMILES string of the molecule is CN1C(=O)c2ccc(C(=O)Nc3cc(C(=O)O)cc(C(=O)O)c3)cc2C1=O. The fraction of sp³-hybridized carbons (Fsp3) is 0.0556. The number of aromatic carboxylic acids is 2. The standard InChI is InChI=1S/C18H12N2O7/c1-20-15(22)12-3-2-8(7-13(12)16(20)23)14(21)19-11-5-9(17(24)25)4-10(6-11)18(26)27/h2-7H,1H3,(H,19,21)(H,24,25)(H,26,27). The Labute approximate surface area is 151 Å². The normalized spacial score (nSPS) is 12.7. The summed E-state index contributed by atoms with van der Waals surface area (Å²) in [5.74, 6) is -4.39. The number of rotatable bonds is 4. The van der Waals surface area contributed by atoms with Crippen molar-refractivity contribution in [2.75, 3.05) is 12.4 Å². The first-order valence-corrected chi connectivity index (χ1v) is 7.58. The monoisotopic (exact) mass is 368 g/mol. The molecule has 2 aromatic rings. The molecule has 0 saturated carbocycles. The molecule has 0 aromatic heterocycles. The summed E-state index contributed by atoms with van der Waals surface area (Å²) in [6.45, 7) is 0. The third-order valence-corrected chi connectivity index (χ3v) is 4.04. The molecule has 0 unspecified atom stereocenters. The maximum absolute atomic E-state index is 12.4. The summed E-state index contributed by atoms with van der Waals surface area (Å²) in [4.78, 5) is 59.5. The number of carboxylic acid groups (broad SMARTS) is 2. The van der Waals surface area contributed by atoms with Gasteiger partial charge in [0.15, 0.2) is 0 Å². The van der Waals surface area contributed by atoms with Gasteiger partial charge in [0.25, 0.3) is 17.7 Å². The molecule has 1 aliphatic rings. The predicted molar refractivity (Wildman–Crippen MR) is 91.2 cm³/mol. The summed E-state index contributed by atoms with van der Waals surface area (Å²) in [6.07, 6.45) is 0. The first kappa shape index (κ1) is 17.8. The predicted octanol–water partition coefficient (Wildman–Crippen LogP) is 1.56. The maximum Gasteiger partial charge on any atom is 0.335 e. The van der Waals surface area contributed by atoms with Gasteiger partial charge in [0, 0.05) is 18.3 Å². The van der Waals surface area contributed by atoms with Crippen molar-refractivity contribution in [2.24, 2.45) is 0 Å². The van der Waals surface area contributed by atoms with E-state index >= 15 is 0 Å². The molecule has 3 amide bonds. The number of anilines is 1. The van der Waals surface area contributed by atoms with Crippen molar-refractivity contribution >= 4 is 35.3 Å². The summed E-state index contributed by atoms with van der Waals surface area (Å²) in [7, 11) is 1.33. The van der Waals surface area contributed by atoms with Gasteiger partial charge in [0.2, 0.25) is 0 Å². The number of nitrogens with zero attached hydrogens (tertiary/aromatic N) is 1. The summed E-state index contributed by atoms with van der Waals surface area (Å²) in [5, 5.41) is 20.5. The number of imide groups is 1. The van der Waals surface area contributed by atoms with Crippen molar-refractivity contribution in [1.29, 1.82) is 0 Å². The van der Waals surface area contributed by atoms with Gasteiger partial charge in [0.05, 0.1) is 22.3 Å². The number of hydrogen-bond acceptors (Lipinski definition) is 5. The van der Waals surface area contributed by atoms with E-state index in [1.54, 1.807) is 0 Å². The molecular formula is C18H12N2O7. The van der Waals surface area contributed by atoms with Gasteiger partial charge in [-0.15, -0.1) is 0 Å². The largest absolute Gasteiger partial charge is 0.478 e. The molecule has 0 bridgehead atoms. The van der Waals surface area contributed by atoms with E-state index in [-0.39, 0.29) is 33.5 Å². The molecular weight excluding hydrogens is 356 g/mol. The van der Waals surface area contributed by atoms with E-state index < -0.39 is 29.7 Å². The van der Waals surface area contributed by atoms with Crippen molar-refractivity contribution in [3.63, 3.8) is 0 Å². The third kappa shape index (κ3) is 3.13. The van der Waals surface area contributed by atoms with Crippen LogP contribution in [0.4, 0.5) is 5.69 Å². The molecule has 0 aliphatic carbocycles. The number of carboxylic acids is 2. The highest BCUT2D eigenvalue weighted by Crippen LogP contribution is 2.23. The molecule has 0 fully saturated rings. The zero-order valence-corrected chi connectivity index (χ0v) is 13.8. The molecule has 3 N–H and O–H groups in total. The fourth-order valence-corrected chi connectivity index (χ4v) is 2.65. The molecule has 1 aliphatic heterocycles. The molecule has 0 atom stereocenters. The Morgan fingerprint density at radius 2 is 1.37 bits per heavy atom. The van der Waals surface area contributed by atoms with Crippen LogP contribution in [0.1, 0.15) is 51.8 Å². The van der Waals surface area contributed by atoms with Crippen molar-refractivity contribution in [3.05, 3.63) is 64.2 Å². The van der Waals surface area contributed by atoms with Gasteiger partial charge in [-0.3, -0.25) is 19.3 Å². The van der Waals surface area contributed by atoms with Gasteiger partial charge >= 0.3 is 11.9 Å². The van der Waals surface area contributed by atoms with Crippen LogP contribution in [-0.4, -0.2) is 51.8 Å². The first-order valence-electron chi connectivity index (χ1n) is 7.58. The number of carbonyl (C=O) groups is 5. The maximum atomic E-state index is 12.4. The first-order chi connectivity index (χ1) is 12.7. The van der Waals surface area contributed by atoms with Gasteiger partial charge in [-0.1, -0.05) is 0 Å². The lowest BCUT2D eigenvalue weighted by Crippen LogP contribution is -2.24. The lowest BCUT2D eigenvalue weighted by atomic mass is 10.0. The zero-order chi connectivity index (χ0) is 19.9. The van der Waals surface area contributed by atoms with Crippen molar-refractivity contribution in [1.82, 2.24) is 4.90 Å². The second-order valence-corrected chi connectivity index (χ2v) is 5.79. The van der Waals surface area contributed by atoms with E-state index in [0.717, 1.165) is 23.1 Å². The molecule has 3 rings (SSSR count). The average Bonchev–Trinajstić information content (AvgIpc) is 2.85. The second kappa shape index (κ2) is 6.37. The van der Waals surface area contributed by atoms with Crippen LogP contribution in [0.2, 0.25) is 0 Å². The van der Waals surface area contributed by atoms with Crippen LogP contribution < -0.4 is 5.32 Å². The van der Waals surface area contributed by atoms with Crippen LogP contribution in [-0.2, 0) is 0 Å². The Kier molecular flexibility index (Phi) is 4.20. The summed E-state index contributed by atoms with van der Waals surface area (Å²) < 4.78 is 0. The summed E-state index contributed by atoms with van der Waals surface area (Å²) >= 11 is 0. The minimum absolute atomic E-state index is 0.0303. The molecule has 0 radical (unpaired) electrons. The van der Waals surface area contributed by atoms with Crippen LogP contribution in [0.5, 0.6) is 0 Å². The Morgan fingerprint density at radius 1 is 0.815 bits per heavy atom.